The van der Waals surface area contributed by atoms with E-state index in [0.29, 0.717) is 12.1 Å². The number of aromatic nitrogens is 3. The normalized spacial score (nSPS) is 10.9. The highest BCUT2D eigenvalue weighted by molar-refractivity contribution is 6.05. The second-order valence-electron chi connectivity index (χ2n) is 4.84. The highest BCUT2D eigenvalue weighted by atomic mass is 16.1. The Balaban J connectivity index is 1.80. The fourth-order valence-electron chi connectivity index (χ4n) is 2.37. The molecule has 0 aliphatic carbocycles. The Hall–Kier alpha value is -2.56. The number of fused-ring (bicyclic) bond motifs is 1. The lowest BCUT2D eigenvalue weighted by Gasteiger charge is -2.05. The number of H-pyrrole nitrogens is 1. The van der Waals surface area contributed by atoms with Crippen molar-refractivity contribution in [2.24, 2.45) is 7.05 Å². The maximum absolute atomic E-state index is 12.3. The molecular weight excluding hydrogens is 252 g/mol. The van der Waals surface area contributed by atoms with Crippen LogP contribution in [0.2, 0.25) is 0 Å². The maximum atomic E-state index is 12.3. The third-order valence-electron chi connectivity index (χ3n) is 3.39. The van der Waals surface area contributed by atoms with E-state index in [2.05, 4.69) is 15.4 Å². The zero-order valence-corrected chi connectivity index (χ0v) is 11.5. The summed E-state index contributed by atoms with van der Waals surface area (Å²) in [5.41, 5.74) is 3.49. The summed E-state index contributed by atoms with van der Waals surface area (Å²) < 4.78 is 1.75. The summed E-state index contributed by atoms with van der Waals surface area (Å²) in [5.74, 6) is -0.0821. The van der Waals surface area contributed by atoms with Crippen molar-refractivity contribution in [1.29, 1.82) is 0 Å². The number of carbonyl (C=O) groups is 1. The molecule has 2 aromatic heterocycles. The zero-order valence-electron chi connectivity index (χ0n) is 11.5. The first-order valence-electron chi connectivity index (χ1n) is 6.48. The Morgan fingerprint density at radius 1 is 1.40 bits per heavy atom. The number of para-hydroxylation sites is 1. The Bertz CT molecular complexity index is 769. The number of hydrogen-bond acceptors (Lipinski definition) is 2. The molecule has 0 aliphatic rings. The van der Waals surface area contributed by atoms with Crippen LogP contribution in [0.3, 0.4) is 0 Å². The molecular formula is C15H16N4O. The summed E-state index contributed by atoms with van der Waals surface area (Å²) in [6.07, 6.45) is 3.76. The van der Waals surface area contributed by atoms with Gasteiger partial charge >= 0.3 is 0 Å². The number of amides is 1. The van der Waals surface area contributed by atoms with Gasteiger partial charge in [-0.05, 0) is 19.1 Å². The molecule has 5 nitrogen and oxygen atoms in total. The van der Waals surface area contributed by atoms with Gasteiger partial charge in [0.25, 0.3) is 5.91 Å². The summed E-state index contributed by atoms with van der Waals surface area (Å²) in [4.78, 5) is 15.4. The molecule has 5 heteroatoms. The number of aromatic amines is 1. The lowest BCUT2D eigenvalue weighted by molar-refractivity contribution is 0.0952. The van der Waals surface area contributed by atoms with Gasteiger partial charge in [0.15, 0.2) is 0 Å². The van der Waals surface area contributed by atoms with Gasteiger partial charge < -0.3 is 10.3 Å². The monoisotopic (exact) mass is 268 g/mol. The van der Waals surface area contributed by atoms with Crippen LogP contribution in [0.4, 0.5) is 0 Å². The number of rotatable bonds is 3. The van der Waals surface area contributed by atoms with E-state index in [1.165, 1.54) is 0 Å². The number of hydrogen-bond donors (Lipinski definition) is 2. The number of carbonyl (C=O) groups excluding carboxylic acids is 1. The predicted octanol–water partition coefficient (Wildman–Crippen LogP) is 2.14. The van der Waals surface area contributed by atoms with Gasteiger partial charge in [0, 0.05) is 36.9 Å². The van der Waals surface area contributed by atoms with Crippen LogP contribution in [-0.2, 0) is 13.6 Å². The average molecular weight is 268 g/mol. The Labute approximate surface area is 116 Å². The van der Waals surface area contributed by atoms with Crippen molar-refractivity contribution in [3.05, 3.63) is 53.5 Å². The zero-order chi connectivity index (χ0) is 14.1. The van der Waals surface area contributed by atoms with E-state index >= 15 is 0 Å². The first-order chi connectivity index (χ1) is 9.65. The van der Waals surface area contributed by atoms with Gasteiger partial charge in [-0.3, -0.25) is 9.48 Å². The maximum Gasteiger partial charge on any atom is 0.253 e. The van der Waals surface area contributed by atoms with Crippen LogP contribution in [0.5, 0.6) is 0 Å². The second kappa shape index (κ2) is 4.85. The molecule has 2 heterocycles. The molecule has 0 radical (unpaired) electrons. The highest BCUT2D eigenvalue weighted by Crippen LogP contribution is 2.17. The van der Waals surface area contributed by atoms with Crippen LogP contribution < -0.4 is 5.32 Å². The van der Waals surface area contributed by atoms with Gasteiger partial charge in [-0.15, -0.1) is 0 Å². The predicted molar refractivity (Wildman–Crippen MR) is 77.4 cm³/mol. The Morgan fingerprint density at radius 3 is 3.00 bits per heavy atom. The van der Waals surface area contributed by atoms with Crippen molar-refractivity contribution in [1.82, 2.24) is 20.1 Å². The lowest BCUT2D eigenvalue weighted by atomic mass is 10.1. The fraction of sp³-hybridized carbons (Fsp3) is 0.200. The summed E-state index contributed by atoms with van der Waals surface area (Å²) in [6, 6.07) is 7.65. The quantitative estimate of drug-likeness (QED) is 0.764. The molecule has 0 saturated heterocycles. The summed E-state index contributed by atoms with van der Waals surface area (Å²) in [7, 11) is 1.87. The van der Waals surface area contributed by atoms with Crippen LogP contribution in [0.25, 0.3) is 10.9 Å². The van der Waals surface area contributed by atoms with Gasteiger partial charge in [0.05, 0.1) is 16.8 Å². The van der Waals surface area contributed by atoms with Gasteiger partial charge in [0.1, 0.15) is 0 Å². The van der Waals surface area contributed by atoms with Crippen LogP contribution in [0, 0.1) is 6.92 Å². The molecule has 0 fully saturated rings. The van der Waals surface area contributed by atoms with E-state index in [-0.39, 0.29) is 5.91 Å². The standard InChI is InChI=1S/C15H16N4O/c1-10-12(9-19(2)18-10)8-17-15(20)13-5-3-4-11-6-7-16-14(11)13/h3-7,9,16H,8H2,1-2H3,(H,17,20). The minimum absolute atomic E-state index is 0.0821. The smallest absolute Gasteiger partial charge is 0.253 e. The van der Waals surface area contributed by atoms with Crippen LogP contribution in [-0.4, -0.2) is 20.7 Å². The molecule has 3 aromatic rings. The van der Waals surface area contributed by atoms with E-state index in [4.69, 9.17) is 0 Å². The number of aryl methyl sites for hydroxylation is 2. The van der Waals surface area contributed by atoms with Crippen molar-refractivity contribution in [2.75, 3.05) is 0 Å². The van der Waals surface area contributed by atoms with Crippen molar-refractivity contribution in [3.63, 3.8) is 0 Å². The van der Waals surface area contributed by atoms with Gasteiger partial charge in [-0.2, -0.15) is 5.10 Å². The van der Waals surface area contributed by atoms with Crippen molar-refractivity contribution >= 4 is 16.8 Å². The molecule has 0 atom stereocenters. The summed E-state index contributed by atoms with van der Waals surface area (Å²) in [6.45, 7) is 2.42. The summed E-state index contributed by atoms with van der Waals surface area (Å²) in [5, 5.41) is 8.24. The van der Waals surface area contributed by atoms with E-state index in [0.717, 1.165) is 22.2 Å². The molecule has 0 unspecified atom stereocenters. The highest BCUT2D eigenvalue weighted by Gasteiger charge is 2.11. The first kappa shape index (κ1) is 12.5. The molecule has 1 amide bonds. The second-order valence-corrected chi connectivity index (χ2v) is 4.84. The van der Waals surface area contributed by atoms with Crippen molar-refractivity contribution in [2.45, 2.75) is 13.5 Å². The van der Waals surface area contributed by atoms with Crippen LogP contribution >= 0.6 is 0 Å². The molecule has 20 heavy (non-hydrogen) atoms. The van der Waals surface area contributed by atoms with E-state index in [1.54, 1.807) is 4.68 Å². The molecule has 0 aliphatic heterocycles. The first-order valence-corrected chi connectivity index (χ1v) is 6.48. The number of nitrogens with zero attached hydrogens (tertiary/aromatic N) is 2. The summed E-state index contributed by atoms with van der Waals surface area (Å²) >= 11 is 0. The molecule has 0 saturated carbocycles. The average Bonchev–Trinajstić information content (AvgIpc) is 3.01. The fourth-order valence-corrected chi connectivity index (χ4v) is 2.37. The van der Waals surface area contributed by atoms with Crippen LogP contribution in [0.1, 0.15) is 21.6 Å². The van der Waals surface area contributed by atoms with Gasteiger partial charge in [0.2, 0.25) is 0 Å². The molecule has 3 rings (SSSR count). The third kappa shape index (κ3) is 2.18. The molecule has 0 bridgehead atoms. The van der Waals surface area contributed by atoms with Crippen LogP contribution in [0.15, 0.2) is 36.7 Å². The van der Waals surface area contributed by atoms with Crippen molar-refractivity contribution in [3.8, 4) is 0 Å². The molecule has 102 valence electrons. The topological polar surface area (TPSA) is 62.7 Å². The minimum atomic E-state index is -0.0821. The molecule has 1 aromatic carbocycles. The number of nitrogens with one attached hydrogen (secondary N) is 2. The Kier molecular flexibility index (Phi) is 3.02. The van der Waals surface area contributed by atoms with Gasteiger partial charge in [-0.1, -0.05) is 12.1 Å². The van der Waals surface area contributed by atoms with E-state index in [1.807, 2.05) is 50.6 Å². The van der Waals surface area contributed by atoms with E-state index in [9.17, 15) is 4.79 Å². The minimum Gasteiger partial charge on any atom is -0.361 e. The molecule has 2 N–H and O–H groups in total. The SMILES string of the molecule is Cc1nn(C)cc1CNC(=O)c1cccc2cc[nH]c12. The molecule has 0 spiro atoms. The number of benzene rings is 1. The Morgan fingerprint density at radius 2 is 2.25 bits per heavy atom. The largest absolute Gasteiger partial charge is 0.361 e. The van der Waals surface area contributed by atoms with Gasteiger partial charge in [-0.25, -0.2) is 0 Å². The van der Waals surface area contributed by atoms with Crippen molar-refractivity contribution < 1.29 is 4.79 Å². The lowest BCUT2D eigenvalue weighted by Crippen LogP contribution is -2.23. The third-order valence-corrected chi connectivity index (χ3v) is 3.39. The van der Waals surface area contributed by atoms with E-state index < -0.39 is 0 Å².